The van der Waals surface area contributed by atoms with Crippen LogP contribution in [-0.4, -0.2) is 41.2 Å². The quantitative estimate of drug-likeness (QED) is 0.369. The van der Waals surface area contributed by atoms with Crippen LogP contribution in [0.15, 0.2) is 5.16 Å². The molecule has 3 unspecified atom stereocenters. The number of esters is 1. The molecule has 0 aromatic carbocycles. The second kappa shape index (κ2) is 5.61. The van der Waals surface area contributed by atoms with Crippen molar-refractivity contribution in [2.45, 2.75) is 18.3 Å². The normalized spacial score (nSPS) is 29.8. The molecule has 1 aliphatic heterocycles. The first kappa shape index (κ1) is 14.1. The van der Waals surface area contributed by atoms with E-state index in [0.717, 1.165) is 18.0 Å². The second-order valence-corrected chi connectivity index (χ2v) is 4.67. The van der Waals surface area contributed by atoms with Gasteiger partial charge >= 0.3 is 12.1 Å². The summed E-state index contributed by atoms with van der Waals surface area (Å²) in [6.45, 7) is 1.68. The molecular formula is C9H12F3NO3S. The van der Waals surface area contributed by atoms with Crippen LogP contribution in [0.25, 0.3) is 0 Å². The first-order chi connectivity index (χ1) is 7.91. The third-order valence-electron chi connectivity index (χ3n) is 2.45. The second-order valence-electron chi connectivity index (χ2n) is 3.50. The van der Waals surface area contributed by atoms with Gasteiger partial charge in [0.15, 0.2) is 0 Å². The molecule has 0 aromatic rings. The molecule has 1 heterocycles. The number of hydrogen-bond acceptors (Lipinski definition) is 5. The number of ether oxygens (including phenoxy) is 1. The van der Waals surface area contributed by atoms with Gasteiger partial charge in [0, 0.05) is 17.9 Å². The van der Waals surface area contributed by atoms with Crippen LogP contribution in [0.5, 0.6) is 0 Å². The number of oxime groups is 1. The van der Waals surface area contributed by atoms with E-state index in [2.05, 4.69) is 5.16 Å². The van der Waals surface area contributed by atoms with Crippen LogP contribution < -0.4 is 0 Å². The van der Waals surface area contributed by atoms with Crippen molar-refractivity contribution in [3.63, 3.8) is 0 Å². The first-order valence-electron chi connectivity index (χ1n) is 4.94. The zero-order chi connectivity index (χ0) is 13.1. The first-order valence-corrected chi connectivity index (χ1v) is 5.99. The molecule has 0 bridgehead atoms. The molecule has 4 nitrogen and oxygen atoms in total. The molecule has 0 radical (unpaired) electrons. The van der Waals surface area contributed by atoms with E-state index in [-0.39, 0.29) is 12.4 Å². The van der Waals surface area contributed by atoms with E-state index in [1.165, 1.54) is 0 Å². The van der Waals surface area contributed by atoms with Crippen LogP contribution in [0.2, 0.25) is 0 Å². The lowest BCUT2D eigenvalue weighted by atomic mass is 9.91. The average Bonchev–Trinajstić information content (AvgIpc) is 2.62. The van der Waals surface area contributed by atoms with Crippen LogP contribution in [0.4, 0.5) is 13.2 Å². The summed E-state index contributed by atoms with van der Waals surface area (Å²) in [4.78, 5) is 11.4. The highest BCUT2D eigenvalue weighted by atomic mass is 32.2. The molecule has 1 rings (SSSR count). The molecule has 8 heteroatoms. The number of hydrogen-bond donors (Lipinski definition) is 1. The third-order valence-corrected chi connectivity index (χ3v) is 3.87. The van der Waals surface area contributed by atoms with Crippen molar-refractivity contribution in [1.82, 2.24) is 0 Å². The number of alkyl halides is 3. The zero-order valence-electron chi connectivity index (χ0n) is 8.98. The van der Waals surface area contributed by atoms with Crippen molar-refractivity contribution in [3.8, 4) is 0 Å². The van der Waals surface area contributed by atoms with Crippen molar-refractivity contribution >= 4 is 23.9 Å². The summed E-state index contributed by atoms with van der Waals surface area (Å²) >= 11 is 0.877. The topological polar surface area (TPSA) is 58.9 Å². The molecule has 17 heavy (non-hydrogen) atoms. The van der Waals surface area contributed by atoms with Crippen molar-refractivity contribution < 1.29 is 27.9 Å². The molecule has 0 amide bonds. The summed E-state index contributed by atoms with van der Waals surface area (Å²) in [6, 6.07) is 0. The number of rotatable bonds is 3. The lowest BCUT2D eigenvalue weighted by Crippen LogP contribution is -2.36. The highest BCUT2D eigenvalue weighted by Gasteiger charge is 2.53. The molecule has 0 aromatic heterocycles. The molecule has 98 valence electrons. The number of halogens is 3. The van der Waals surface area contributed by atoms with Gasteiger partial charge in [-0.25, -0.2) is 0 Å². The standard InChI is InChI=1S/C9H12F3NO3S/c1-2-16-8(14)7-5(3-13-15)6(4-17-7)9(10,11)12/h3,5-7,15H,2,4H2,1H3/b13-3-. The Hall–Kier alpha value is -0.920. The van der Waals surface area contributed by atoms with Gasteiger partial charge < -0.3 is 9.94 Å². The van der Waals surface area contributed by atoms with Crippen LogP contribution in [0, 0.1) is 11.8 Å². The number of nitrogens with zero attached hydrogens (tertiary/aromatic N) is 1. The van der Waals surface area contributed by atoms with Crippen LogP contribution in [-0.2, 0) is 9.53 Å². The predicted molar refractivity (Wildman–Crippen MR) is 56.2 cm³/mol. The van der Waals surface area contributed by atoms with Crippen LogP contribution in [0.3, 0.4) is 0 Å². The van der Waals surface area contributed by atoms with Gasteiger partial charge in [0.25, 0.3) is 0 Å². The Kier molecular flexibility index (Phi) is 4.67. The van der Waals surface area contributed by atoms with Crippen molar-refractivity contribution in [2.75, 3.05) is 12.4 Å². The Labute approximate surface area is 100 Å². The van der Waals surface area contributed by atoms with Crippen molar-refractivity contribution in [1.29, 1.82) is 0 Å². The van der Waals surface area contributed by atoms with Crippen molar-refractivity contribution in [2.24, 2.45) is 17.0 Å². The molecule has 0 saturated carbocycles. The largest absolute Gasteiger partial charge is 0.465 e. The molecule has 1 saturated heterocycles. The van der Waals surface area contributed by atoms with Gasteiger partial charge in [-0.2, -0.15) is 13.2 Å². The van der Waals surface area contributed by atoms with Gasteiger partial charge in [-0.3, -0.25) is 4.79 Å². The predicted octanol–water partition coefficient (Wildman–Crippen LogP) is 1.92. The fourth-order valence-corrected chi connectivity index (χ4v) is 3.17. The van der Waals surface area contributed by atoms with E-state index >= 15 is 0 Å². The van der Waals surface area contributed by atoms with Gasteiger partial charge in [-0.05, 0) is 6.92 Å². The molecule has 0 aliphatic carbocycles. The number of carbonyl (C=O) groups excluding carboxylic acids is 1. The van der Waals surface area contributed by atoms with Crippen LogP contribution in [0.1, 0.15) is 6.92 Å². The van der Waals surface area contributed by atoms with E-state index in [9.17, 15) is 18.0 Å². The summed E-state index contributed by atoms with van der Waals surface area (Å²) in [7, 11) is 0. The highest BCUT2D eigenvalue weighted by molar-refractivity contribution is 8.00. The van der Waals surface area contributed by atoms with Crippen molar-refractivity contribution in [3.05, 3.63) is 0 Å². The summed E-state index contributed by atoms with van der Waals surface area (Å²) in [5.41, 5.74) is 0. The van der Waals surface area contributed by atoms with Gasteiger partial charge in [0.2, 0.25) is 0 Å². The Balaban J connectivity index is 2.85. The maximum atomic E-state index is 12.6. The lowest BCUT2D eigenvalue weighted by Gasteiger charge is -2.20. The Morgan fingerprint density at radius 1 is 1.65 bits per heavy atom. The summed E-state index contributed by atoms with van der Waals surface area (Å²) in [5, 5.41) is 10.0. The Bertz CT molecular complexity index is 308. The maximum Gasteiger partial charge on any atom is 0.393 e. The van der Waals surface area contributed by atoms with Gasteiger partial charge in [0.1, 0.15) is 5.25 Å². The average molecular weight is 271 g/mol. The monoisotopic (exact) mass is 271 g/mol. The highest BCUT2D eigenvalue weighted by Crippen LogP contribution is 2.45. The summed E-state index contributed by atoms with van der Waals surface area (Å²) in [5.74, 6) is -3.79. The Morgan fingerprint density at radius 3 is 2.76 bits per heavy atom. The van der Waals surface area contributed by atoms with E-state index in [4.69, 9.17) is 9.94 Å². The summed E-state index contributed by atoms with van der Waals surface area (Å²) in [6.07, 6.45) is -3.65. The van der Waals surface area contributed by atoms with Gasteiger partial charge in [0.05, 0.1) is 12.5 Å². The van der Waals surface area contributed by atoms with E-state index < -0.39 is 29.2 Å². The number of carbonyl (C=O) groups is 1. The fraction of sp³-hybridized carbons (Fsp3) is 0.778. The minimum Gasteiger partial charge on any atom is -0.465 e. The van der Waals surface area contributed by atoms with E-state index in [0.29, 0.717) is 0 Å². The third kappa shape index (κ3) is 3.27. The maximum absolute atomic E-state index is 12.6. The van der Waals surface area contributed by atoms with E-state index in [1.54, 1.807) is 6.92 Å². The number of thioether (sulfide) groups is 1. The smallest absolute Gasteiger partial charge is 0.393 e. The Morgan fingerprint density at radius 2 is 2.29 bits per heavy atom. The molecular weight excluding hydrogens is 259 g/mol. The molecule has 1 fully saturated rings. The lowest BCUT2D eigenvalue weighted by molar-refractivity contribution is -0.175. The molecule has 1 N–H and O–H groups in total. The van der Waals surface area contributed by atoms with Crippen LogP contribution >= 0.6 is 11.8 Å². The SMILES string of the molecule is CCOC(=O)C1SCC(C(F)(F)F)C1/C=N\O. The fourth-order valence-electron chi connectivity index (χ4n) is 1.66. The molecule has 0 spiro atoms. The molecule has 1 aliphatic rings. The van der Waals surface area contributed by atoms with Gasteiger partial charge in [-0.15, -0.1) is 16.9 Å². The minimum absolute atomic E-state index is 0.107. The van der Waals surface area contributed by atoms with Gasteiger partial charge in [-0.1, -0.05) is 0 Å². The van der Waals surface area contributed by atoms with E-state index in [1.807, 2.05) is 0 Å². The minimum atomic E-state index is -4.42. The zero-order valence-corrected chi connectivity index (χ0v) is 9.79. The summed E-state index contributed by atoms with van der Waals surface area (Å²) < 4.78 is 42.6. The molecule has 3 atom stereocenters.